The molecule has 4 rings (SSSR count). The molecule has 0 saturated carbocycles. The maximum Gasteiger partial charge on any atom is 0.416 e. The molecular formula is C24H23F3N4O2S. The van der Waals surface area contributed by atoms with Crippen molar-refractivity contribution < 1.29 is 22.8 Å². The van der Waals surface area contributed by atoms with Gasteiger partial charge >= 0.3 is 6.18 Å². The molecule has 1 aromatic heterocycles. The van der Waals surface area contributed by atoms with Gasteiger partial charge in [0.05, 0.1) is 17.3 Å². The zero-order valence-corrected chi connectivity index (χ0v) is 19.2. The quantitative estimate of drug-likeness (QED) is 0.520. The lowest BCUT2D eigenvalue weighted by atomic mass is 10.1. The predicted octanol–water partition coefficient (Wildman–Crippen LogP) is 4.84. The summed E-state index contributed by atoms with van der Waals surface area (Å²) in [4.78, 5) is 31.5. The van der Waals surface area contributed by atoms with Crippen LogP contribution in [-0.2, 0) is 17.5 Å². The first-order valence-electron chi connectivity index (χ1n) is 10.7. The largest absolute Gasteiger partial charge is 0.416 e. The van der Waals surface area contributed by atoms with E-state index in [2.05, 4.69) is 10.3 Å². The van der Waals surface area contributed by atoms with E-state index in [9.17, 15) is 22.8 Å². The minimum Gasteiger partial charge on any atom is -0.368 e. The Hall–Kier alpha value is -3.24. The van der Waals surface area contributed by atoms with Gasteiger partial charge in [-0.05, 0) is 50.1 Å². The van der Waals surface area contributed by atoms with E-state index in [0.717, 1.165) is 48.4 Å². The van der Waals surface area contributed by atoms with Crippen molar-refractivity contribution in [1.82, 2.24) is 9.88 Å². The molecular weight excluding hydrogens is 465 g/mol. The van der Waals surface area contributed by atoms with Crippen molar-refractivity contribution in [1.29, 1.82) is 0 Å². The van der Waals surface area contributed by atoms with Crippen LogP contribution in [0.4, 0.5) is 18.9 Å². The molecule has 2 heterocycles. The summed E-state index contributed by atoms with van der Waals surface area (Å²) in [5.41, 5.74) is 7.25. The number of nitrogens with one attached hydrogen (secondary N) is 1. The molecule has 178 valence electrons. The van der Waals surface area contributed by atoms with Crippen LogP contribution in [0.15, 0.2) is 48.5 Å². The summed E-state index contributed by atoms with van der Waals surface area (Å²) >= 11 is 1.12. The lowest BCUT2D eigenvalue weighted by molar-refractivity contribution is -0.137. The molecule has 2 aromatic carbocycles. The van der Waals surface area contributed by atoms with Gasteiger partial charge < -0.3 is 11.1 Å². The first-order valence-corrected chi connectivity index (χ1v) is 11.5. The monoisotopic (exact) mass is 488 g/mol. The lowest BCUT2D eigenvalue weighted by Crippen LogP contribution is -2.39. The maximum atomic E-state index is 13.0. The number of carbonyl (C=O) groups excluding carboxylic acids is 2. The van der Waals surface area contributed by atoms with Crippen molar-refractivity contribution in [2.75, 3.05) is 11.9 Å². The average Bonchev–Trinajstić information content (AvgIpc) is 3.41. The number of halogens is 3. The first kappa shape index (κ1) is 23.9. The molecule has 0 spiro atoms. The van der Waals surface area contributed by atoms with Gasteiger partial charge in [0.25, 0.3) is 5.91 Å². The molecule has 1 aliphatic heterocycles. The predicted molar refractivity (Wildman–Crippen MR) is 124 cm³/mol. The zero-order chi connectivity index (χ0) is 24.5. The van der Waals surface area contributed by atoms with Crippen molar-refractivity contribution in [3.63, 3.8) is 0 Å². The van der Waals surface area contributed by atoms with E-state index in [1.54, 1.807) is 13.0 Å². The topological polar surface area (TPSA) is 88.3 Å². The number of benzene rings is 2. The number of amides is 2. The van der Waals surface area contributed by atoms with Crippen molar-refractivity contribution in [3.05, 3.63) is 70.2 Å². The standard InChI is InChI=1S/C24H23F3N4O2S/c1-14-20(34-23(29-14)15-8-10-17(11-9-15)24(25,26)27)22(33)30-18-6-3-2-5-16(18)13-31-12-4-7-19(31)21(28)32/h2-3,5-6,8-11,19H,4,7,12-13H2,1H3,(H2,28,32)(H,30,33). The van der Waals surface area contributed by atoms with Crippen molar-refractivity contribution in [2.24, 2.45) is 5.73 Å². The summed E-state index contributed by atoms with van der Waals surface area (Å²) in [6, 6.07) is 11.7. The SMILES string of the molecule is Cc1nc(-c2ccc(C(F)(F)F)cc2)sc1C(=O)Nc1ccccc1CN1CCCC1C(N)=O. The Kier molecular flexibility index (Phi) is 6.72. The van der Waals surface area contributed by atoms with E-state index in [4.69, 9.17) is 5.73 Å². The molecule has 0 aliphatic carbocycles. The van der Waals surface area contributed by atoms with Gasteiger partial charge in [-0.1, -0.05) is 30.3 Å². The van der Waals surface area contributed by atoms with E-state index in [1.807, 2.05) is 23.1 Å². The highest BCUT2D eigenvalue weighted by Crippen LogP contribution is 2.33. The van der Waals surface area contributed by atoms with Crippen LogP contribution in [-0.4, -0.2) is 34.3 Å². The van der Waals surface area contributed by atoms with Gasteiger partial charge in [0.1, 0.15) is 9.88 Å². The third-order valence-corrected chi connectivity index (χ3v) is 7.00. The molecule has 1 aliphatic rings. The number of thiazole rings is 1. The maximum absolute atomic E-state index is 13.0. The van der Waals surface area contributed by atoms with Crippen LogP contribution in [0.1, 0.15) is 39.3 Å². The number of carbonyl (C=O) groups is 2. The number of nitrogens with zero attached hydrogens (tertiary/aromatic N) is 2. The number of aromatic nitrogens is 1. The Morgan fingerprint density at radius 3 is 2.56 bits per heavy atom. The number of aryl methyl sites for hydroxylation is 1. The van der Waals surface area contributed by atoms with Crippen LogP contribution in [0, 0.1) is 6.92 Å². The Bertz CT molecular complexity index is 1210. The summed E-state index contributed by atoms with van der Waals surface area (Å²) in [6.45, 7) is 2.91. The second kappa shape index (κ2) is 9.55. The Balaban J connectivity index is 1.52. The highest BCUT2D eigenvalue weighted by Gasteiger charge is 2.31. The second-order valence-corrected chi connectivity index (χ2v) is 9.15. The Morgan fingerprint density at radius 2 is 1.88 bits per heavy atom. The van der Waals surface area contributed by atoms with Crippen LogP contribution in [0.5, 0.6) is 0 Å². The number of hydrogen-bond acceptors (Lipinski definition) is 5. The number of primary amides is 1. The van der Waals surface area contributed by atoms with Crippen LogP contribution in [0.3, 0.4) is 0 Å². The van der Waals surface area contributed by atoms with Crippen LogP contribution in [0.25, 0.3) is 10.6 Å². The van der Waals surface area contributed by atoms with E-state index in [0.29, 0.717) is 33.4 Å². The molecule has 34 heavy (non-hydrogen) atoms. The van der Waals surface area contributed by atoms with Crippen molar-refractivity contribution in [2.45, 2.75) is 38.5 Å². The highest BCUT2D eigenvalue weighted by atomic mass is 32.1. The number of alkyl halides is 3. The number of likely N-dealkylation sites (tertiary alicyclic amines) is 1. The molecule has 1 saturated heterocycles. The molecule has 6 nitrogen and oxygen atoms in total. The summed E-state index contributed by atoms with van der Waals surface area (Å²) < 4.78 is 38.5. The summed E-state index contributed by atoms with van der Waals surface area (Å²) in [6.07, 6.45) is -2.81. The number of nitrogens with two attached hydrogens (primary N) is 1. The smallest absolute Gasteiger partial charge is 0.368 e. The fraction of sp³-hybridized carbons (Fsp3) is 0.292. The van der Waals surface area contributed by atoms with Crippen LogP contribution < -0.4 is 11.1 Å². The minimum atomic E-state index is -4.41. The first-order chi connectivity index (χ1) is 16.1. The fourth-order valence-electron chi connectivity index (χ4n) is 4.05. The molecule has 0 bridgehead atoms. The number of hydrogen-bond donors (Lipinski definition) is 2. The van der Waals surface area contributed by atoms with Gasteiger partial charge in [-0.25, -0.2) is 4.98 Å². The van der Waals surface area contributed by atoms with Crippen molar-refractivity contribution >= 4 is 28.8 Å². The summed E-state index contributed by atoms with van der Waals surface area (Å²) in [5, 5.41) is 3.38. The summed E-state index contributed by atoms with van der Waals surface area (Å²) in [7, 11) is 0. The van der Waals surface area contributed by atoms with Gasteiger partial charge in [0.2, 0.25) is 5.91 Å². The van der Waals surface area contributed by atoms with Gasteiger partial charge in [-0.2, -0.15) is 13.2 Å². The van der Waals surface area contributed by atoms with E-state index in [1.165, 1.54) is 12.1 Å². The lowest BCUT2D eigenvalue weighted by Gasteiger charge is -2.23. The molecule has 1 fully saturated rings. The molecule has 2 amide bonds. The van der Waals surface area contributed by atoms with Crippen LogP contribution >= 0.6 is 11.3 Å². The molecule has 1 unspecified atom stereocenters. The van der Waals surface area contributed by atoms with Crippen LogP contribution in [0.2, 0.25) is 0 Å². The fourth-order valence-corrected chi connectivity index (χ4v) is 5.01. The zero-order valence-electron chi connectivity index (χ0n) is 18.4. The van der Waals surface area contributed by atoms with Gasteiger partial charge in [-0.15, -0.1) is 11.3 Å². The second-order valence-electron chi connectivity index (χ2n) is 8.15. The summed E-state index contributed by atoms with van der Waals surface area (Å²) in [5.74, 6) is -0.705. The Morgan fingerprint density at radius 1 is 1.18 bits per heavy atom. The van der Waals surface area contributed by atoms with Gasteiger partial charge in [-0.3, -0.25) is 14.5 Å². The third kappa shape index (κ3) is 5.13. The minimum absolute atomic E-state index is 0.321. The van der Waals surface area contributed by atoms with Gasteiger partial charge in [0, 0.05) is 17.8 Å². The molecule has 1 atom stereocenters. The molecule has 10 heteroatoms. The molecule has 0 radical (unpaired) electrons. The highest BCUT2D eigenvalue weighted by molar-refractivity contribution is 7.17. The molecule has 3 N–H and O–H groups in total. The number of para-hydroxylation sites is 1. The Labute approximate surface area is 198 Å². The molecule has 3 aromatic rings. The normalized spacial score (nSPS) is 16.5. The van der Waals surface area contributed by atoms with E-state index < -0.39 is 11.7 Å². The van der Waals surface area contributed by atoms with Gasteiger partial charge in [0.15, 0.2) is 0 Å². The van der Waals surface area contributed by atoms with E-state index >= 15 is 0 Å². The number of anilines is 1. The number of rotatable bonds is 6. The third-order valence-electron chi connectivity index (χ3n) is 5.79. The average molecular weight is 489 g/mol. The van der Waals surface area contributed by atoms with E-state index in [-0.39, 0.29) is 17.9 Å². The van der Waals surface area contributed by atoms with Crippen molar-refractivity contribution in [3.8, 4) is 10.6 Å².